The summed E-state index contributed by atoms with van der Waals surface area (Å²) >= 11 is 3.34. The molecule has 3 N–H and O–H groups in total. The average Bonchev–Trinajstić information content (AvgIpc) is 2.74. The zero-order valence-electron chi connectivity index (χ0n) is 9.39. The Morgan fingerprint density at radius 2 is 2.17 bits per heavy atom. The minimum Gasteiger partial charge on any atom is -0.392 e. The molecule has 7 heteroatoms. The molecule has 18 heavy (non-hydrogen) atoms. The third-order valence-electron chi connectivity index (χ3n) is 2.28. The number of H-pyrrole nitrogens is 1. The van der Waals surface area contributed by atoms with Crippen molar-refractivity contribution < 1.29 is 9.52 Å². The Labute approximate surface area is 111 Å². The van der Waals surface area contributed by atoms with E-state index in [9.17, 15) is 9.90 Å². The first-order valence-corrected chi connectivity index (χ1v) is 6.14. The van der Waals surface area contributed by atoms with Crippen molar-refractivity contribution in [3.63, 3.8) is 0 Å². The van der Waals surface area contributed by atoms with Gasteiger partial charge in [0, 0.05) is 16.7 Å². The minimum atomic E-state index is -0.680. The van der Waals surface area contributed by atoms with Gasteiger partial charge in [-0.2, -0.15) is 0 Å². The van der Waals surface area contributed by atoms with Crippen molar-refractivity contribution in [3.8, 4) is 0 Å². The Balaban J connectivity index is 1.83. The smallest absolute Gasteiger partial charge is 0.392 e. The van der Waals surface area contributed by atoms with Gasteiger partial charge < -0.3 is 14.8 Å². The number of benzene rings is 1. The molecule has 0 saturated carbocycles. The maximum absolute atomic E-state index is 10.7. The van der Waals surface area contributed by atoms with E-state index in [1.54, 1.807) is 0 Å². The van der Waals surface area contributed by atoms with E-state index < -0.39 is 11.9 Å². The topological polar surface area (TPSA) is 91.2 Å². The van der Waals surface area contributed by atoms with Gasteiger partial charge in [-0.1, -0.05) is 15.9 Å². The van der Waals surface area contributed by atoms with Gasteiger partial charge in [-0.15, -0.1) is 5.10 Å². The predicted molar refractivity (Wildman–Crippen MR) is 69.5 cm³/mol. The van der Waals surface area contributed by atoms with E-state index in [-0.39, 0.29) is 12.3 Å². The van der Waals surface area contributed by atoms with Crippen LogP contribution in [0.25, 0.3) is 0 Å². The van der Waals surface area contributed by atoms with Crippen LogP contribution in [0.2, 0.25) is 0 Å². The van der Waals surface area contributed by atoms with E-state index in [0.29, 0.717) is 6.54 Å². The van der Waals surface area contributed by atoms with Crippen LogP contribution in [0.1, 0.15) is 5.89 Å². The fourth-order valence-electron chi connectivity index (χ4n) is 1.43. The summed E-state index contributed by atoms with van der Waals surface area (Å²) in [5.41, 5.74) is 0.903. The van der Waals surface area contributed by atoms with Crippen molar-refractivity contribution >= 4 is 21.6 Å². The third-order valence-corrected chi connectivity index (χ3v) is 2.81. The maximum Gasteiger partial charge on any atom is 0.434 e. The summed E-state index contributed by atoms with van der Waals surface area (Å²) in [6.07, 6.45) is -0.498. The second-order valence-corrected chi connectivity index (χ2v) is 4.67. The molecule has 2 rings (SSSR count). The SMILES string of the molecule is O=c1[nH]nc(CC(O)CNc2ccc(Br)cc2)o1. The number of aliphatic hydroxyl groups excluding tert-OH is 1. The highest BCUT2D eigenvalue weighted by atomic mass is 79.9. The van der Waals surface area contributed by atoms with Gasteiger partial charge in [0.1, 0.15) is 0 Å². The Hall–Kier alpha value is -1.60. The van der Waals surface area contributed by atoms with Crippen LogP contribution in [0.15, 0.2) is 37.9 Å². The van der Waals surface area contributed by atoms with E-state index >= 15 is 0 Å². The van der Waals surface area contributed by atoms with Crippen LogP contribution in [0.3, 0.4) is 0 Å². The van der Waals surface area contributed by atoms with E-state index in [1.807, 2.05) is 24.3 Å². The number of halogens is 1. The second kappa shape index (κ2) is 5.83. The number of hydrogen-bond acceptors (Lipinski definition) is 5. The summed E-state index contributed by atoms with van der Waals surface area (Å²) in [6, 6.07) is 7.60. The summed E-state index contributed by atoms with van der Waals surface area (Å²) in [6.45, 7) is 0.345. The monoisotopic (exact) mass is 313 g/mol. The minimum absolute atomic E-state index is 0.183. The molecule has 0 aliphatic carbocycles. The molecule has 96 valence electrons. The highest BCUT2D eigenvalue weighted by Gasteiger charge is 2.10. The molecule has 1 unspecified atom stereocenters. The molecule has 0 radical (unpaired) electrons. The van der Waals surface area contributed by atoms with Crippen LogP contribution in [-0.2, 0) is 6.42 Å². The molecule has 0 spiro atoms. The summed E-state index contributed by atoms with van der Waals surface area (Å²) in [5.74, 6) is -0.414. The van der Waals surface area contributed by atoms with Gasteiger partial charge in [-0.25, -0.2) is 9.89 Å². The molecule has 0 aliphatic heterocycles. The Morgan fingerprint density at radius 3 is 2.78 bits per heavy atom. The predicted octanol–water partition coefficient (Wildman–Crippen LogP) is 1.14. The number of aromatic nitrogens is 2. The van der Waals surface area contributed by atoms with Crippen LogP contribution in [-0.4, -0.2) is 28.0 Å². The van der Waals surface area contributed by atoms with Crippen LogP contribution in [0.4, 0.5) is 5.69 Å². The van der Waals surface area contributed by atoms with Crippen molar-refractivity contribution in [2.45, 2.75) is 12.5 Å². The normalized spacial score (nSPS) is 12.3. The van der Waals surface area contributed by atoms with Crippen LogP contribution < -0.4 is 11.1 Å². The van der Waals surface area contributed by atoms with Crippen molar-refractivity contribution in [2.75, 3.05) is 11.9 Å². The van der Waals surface area contributed by atoms with Gasteiger partial charge in [0.2, 0.25) is 5.89 Å². The van der Waals surface area contributed by atoms with Gasteiger partial charge in [0.15, 0.2) is 0 Å². The van der Waals surface area contributed by atoms with E-state index in [0.717, 1.165) is 10.2 Å². The number of aromatic amines is 1. The average molecular weight is 314 g/mol. The molecular formula is C11H12BrN3O3. The summed E-state index contributed by atoms with van der Waals surface area (Å²) in [4.78, 5) is 10.7. The first-order chi connectivity index (χ1) is 8.63. The number of rotatable bonds is 5. The number of nitrogens with zero attached hydrogens (tertiary/aromatic N) is 1. The second-order valence-electron chi connectivity index (χ2n) is 3.75. The molecule has 1 atom stereocenters. The van der Waals surface area contributed by atoms with Gasteiger partial charge in [-0.3, -0.25) is 0 Å². The van der Waals surface area contributed by atoms with Crippen molar-refractivity contribution in [1.82, 2.24) is 10.2 Å². The van der Waals surface area contributed by atoms with Gasteiger partial charge >= 0.3 is 5.76 Å². The molecule has 2 aromatic rings. The number of nitrogens with one attached hydrogen (secondary N) is 2. The first-order valence-electron chi connectivity index (χ1n) is 5.35. The molecule has 0 saturated heterocycles. The Morgan fingerprint density at radius 1 is 1.44 bits per heavy atom. The van der Waals surface area contributed by atoms with E-state index in [2.05, 4.69) is 31.4 Å². The number of aliphatic hydroxyl groups is 1. The zero-order chi connectivity index (χ0) is 13.0. The molecule has 0 aliphatic rings. The quantitative estimate of drug-likeness (QED) is 0.770. The fraction of sp³-hybridized carbons (Fsp3) is 0.273. The van der Waals surface area contributed by atoms with Crippen molar-refractivity contribution in [2.24, 2.45) is 0 Å². The van der Waals surface area contributed by atoms with Crippen LogP contribution >= 0.6 is 15.9 Å². The molecule has 1 aromatic heterocycles. The molecule has 0 bridgehead atoms. The maximum atomic E-state index is 10.7. The van der Waals surface area contributed by atoms with Crippen molar-refractivity contribution in [3.05, 3.63) is 45.2 Å². The summed E-state index contributed by atoms with van der Waals surface area (Å²) < 4.78 is 5.70. The highest BCUT2D eigenvalue weighted by Crippen LogP contribution is 2.14. The van der Waals surface area contributed by atoms with E-state index in [4.69, 9.17) is 4.42 Å². The Bertz CT molecular complexity index is 549. The lowest BCUT2D eigenvalue weighted by molar-refractivity contribution is 0.177. The molecular weight excluding hydrogens is 302 g/mol. The molecule has 1 heterocycles. The lowest BCUT2D eigenvalue weighted by Gasteiger charge is -2.10. The lowest BCUT2D eigenvalue weighted by Crippen LogP contribution is -2.22. The molecule has 0 fully saturated rings. The fourth-order valence-corrected chi connectivity index (χ4v) is 1.69. The van der Waals surface area contributed by atoms with E-state index in [1.165, 1.54) is 0 Å². The van der Waals surface area contributed by atoms with Gasteiger partial charge in [0.05, 0.1) is 12.5 Å². The molecule has 6 nitrogen and oxygen atoms in total. The van der Waals surface area contributed by atoms with Crippen LogP contribution in [0, 0.1) is 0 Å². The first kappa shape index (κ1) is 12.8. The number of anilines is 1. The third kappa shape index (κ3) is 3.71. The number of hydrogen-bond donors (Lipinski definition) is 3. The van der Waals surface area contributed by atoms with Gasteiger partial charge in [-0.05, 0) is 24.3 Å². The largest absolute Gasteiger partial charge is 0.434 e. The summed E-state index contributed by atoms with van der Waals surface area (Å²) in [7, 11) is 0. The van der Waals surface area contributed by atoms with Crippen LogP contribution in [0.5, 0.6) is 0 Å². The van der Waals surface area contributed by atoms with Crippen molar-refractivity contribution in [1.29, 1.82) is 0 Å². The lowest BCUT2D eigenvalue weighted by atomic mass is 10.2. The van der Waals surface area contributed by atoms with Gasteiger partial charge in [0.25, 0.3) is 0 Å². The molecule has 0 amide bonds. The Kier molecular flexibility index (Phi) is 4.16. The molecule has 1 aromatic carbocycles. The zero-order valence-corrected chi connectivity index (χ0v) is 11.0. The standard InChI is InChI=1S/C11H12BrN3O3/c12-7-1-3-8(4-2-7)13-6-9(16)5-10-14-15-11(17)18-10/h1-4,9,13,16H,5-6H2,(H,15,17). The summed E-state index contributed by atoms with van der Waals surface area (Å²) in [5, 5.41) is 18.6. The highest BCUT2D eigenvalue weighted by molar-refractivity contribution is 9.10.